The van der Waals surface area contributed by atoms with Crippen molar-refractivity contribution in [3.8, 4) is 0 Å². The third-order valence-electron chi connectivity index (χ3n) is 1.56. The first-order valence-electron chi connectivity index (χ1n) is 4.57. The zero-order valence-corrected chi connectivity index (χ0v) is 7.47. The van der Waals surface area contributed by atoms with Gasteiger partial charge < -0.3 is 5.11 Å². The molecule has 65 valence electrons. The monoisotopic (exact) mass is 155 g/mol. The average molecular weight is 155 g/mol. The van der Waals surface area contributed by atoms with Crippen molar-refractivity contribution < 1.29 is 5.11 Å². The summed E-state index contributed by atoms with van der Waals surface area (Å²) in [5, 5.41) is 8.48. The van der Waals surface area contributed by atoms with Crippen molar-refractivity contribution in [1.29, 1.82) is 0 Å². The van der Waals surface area contributed by atoms with Gasteiger partial charge in [0, 0.05) is 6.61 Å². The molecule has 1 heteroatoms. The van der Waals surface area contributed by atoms with Crippen molar-refractivity contribution in [3.05, 3.63) is 12.2 Å². The lowest BCUT2D eigenvalue weighted by Gasteiger charge is -1.92. The molecular weight excluding hydrogens is 136 g/mol. The number of aliphatic hydroxyl groups is 1. The van der Waals surface area contributed by atoms with Crippen molar-refractivity contribution in [2.24, 2.45) is 0 Å². The number of rotatable bonds is 7. The quantitative estimate of drug-likeness (QED) is 0.560. The number of hydrogen-bond acceptors (Lipinski definition) is 1. The zero-order valence-electron chi connectivity index (χ0n) is 7.47. The topological polar surface area (TPSA) is 20.2 Å². The van der Waals surface area contributed by atoms with Gasteiger partial charge in [-0.2, -0.15) is 0 Å². The molecule has 0 aromatic heterocycles. The normalized spacial score (nSPS) is 11.1. The van der Waals surface area contributed by atoms with Gasteiger partial charge in [-0.15, -0.1) is 0 Å². The molecule has 0 saturated carbocycles. The van der Waals surface area contributed by atoms with E-state index in [0.717, 1.165) is 25.7 Å². The van der Waals surface area contributed by atoms with Gasteiger partial charge in [0.05, 0.1) is 0 Å². The van der Waals surface area contributed by atoms with E-state index in [-0.39, 0.29) is 0 Å². The molecule has 0 aliphatic carbocycles. The summed E-state index contributed by atoms with van der Waals surface area (Å²) in [6.45, 7) is 2.50. The zero-order chi connectivity index (χ0) is 8.36. The van der Waals surface area contributed by atoms with Crippen LogP contribution in [0, 0.1) is 6.08 Å². The molecule has 0 aromatic rings. The van der Waals surface area contributed by atoms with E-state index in [9.17, 15) is 0 Å². The van der Waals surface area contributed by atoms with E-state index >= 15 is 0 Å². The van der Waals surface area contributed by atoms with Crippen molar-refractivity contribution in [1.82, 2.24) is 0 Å². The minimum absolute atomic E-state index is 0.332. The maximum Gasteiger partial charge on any atom is 0.0431 e. The highest BCUT2D eigenvalue weighted by Crippen LogP contribution is 2.00. The van der Waals surface area contributed by atoms with E-state index in [2.05, 4.69) is 19.1 Å². The lowest BCUT2D eigenvalue weighted by Crippen LogP contribution is -1.81. The summed E-state index contributed by atoms with van der Waals surface area (Å²) in [6.07, 6.45) is 12.0. The molecule has 0 bridgehead atoms. The maximum atomic E-state index is 8.48. The molecule has 11 heavy (non-hydrogen) atoms. The van der Waals surface area contributed by atoms with Crippen molar-refractivity contribution in [2.45, 2.75) is 45.4 Å². The summed E-state index contributed by atoms with van der Waals surface area (Å²) < 4.78 is 0. The van der Waals surface area contributed by atoms with Crippen molar-refractivity contribution >= 4 is 0 Å². The summed E-state index contributed by atoms with van der Waals surface area (Å²) in [5.41, 5.74) is 0. The SMILES string of the molecule is CCC/C=[C]/CCCCCO. The Hall–Kier alpha value is -0.300. The summed E-state index contributed by atoms with van der Waals surface area (Å²) in [5.74, 6) is 0. The van der Waals surface area contributed by atoms with Crippen LogP contribution in [0.4, 0.5) is 0 Å². The Bertz CT molecular complexity index is 86.9. The predicted octanol–water partition coefficient (Wildman–Crippen LogP) is 2.70. The third-order valence-corrected chi connectivity index (χ3v) is 1.56. The highest BCUT2D eigenvalue weighted by atomic mass is 16.2. The van der Waals surface area contributed by atoms with Crippen LogP contribution < -0.4 is 0 Å². The van der Waals surface area contributed by atoms with Gasteiger partial charge in [0.15, 0.2) is 0 Å². The Kier molecular flexibility index (Phi) is 9.44. The highest BCUT2D eigenvalue weighted by Gasteiger charge is 1.84. The fraction of sp³-hybridized carbons (Fsp3) is 0.800. The van der Waals surface area contributed by atoms with Gasteiger partial charge in [-0.25, -0.2) is 0 Å². The number of unbranched alkanes of at least 4 members (excludes halogenated alkanes) is 4. The Morgan fingerprint density at radius 3 is 2.73 bits per heavy atom. The second-order valence-corrected chi connectivity index (χ2v) is 2.73. The molecule has 1 N–H and O–H groups in total. The summed E-state index contributed by atoms with van der Waals surface area (Å²) in [7, 11) is 0. The van der Waals surface area contributed by atoms with E-state index in [1.807, 2.05) is 0 Å². The van der Waals surface area contributed by atoms with Crippen LogP contribution >= 0.6 is 0 Å². The fourth-order valence-corrected chi connectivity index (χ4v) is 0.864. The number of allylic oxidation sites excluding steroid dienone is 2. The first-order valence-corrected chi connectivity index (χ1v) is 4.57. The minimum atomic E-state index is 0.332. The first kappa shape index (κ1) is 10.7. The lowest BCUT2D eigenvalue weighted by atomic mass is 10.2. The fourth-order valence-electron chi connectivity index (χ4n) is 0.864. The summed E-state index contributed by atoms with van der Waals surface area (Å²) in [6, 6.07) is 0. The van der Waals surface area contributed by atoms with Crippen LogP contribution in [0.1, 0.15) is 45.4 Å². The predicted molar refractivity (Wildman–Crippen MR) is 48.3 cm³/mol. The van der Waals surface area contributed by atoms with Crippen LogP contribution in [-0.2, 0) is 0 Å². The second kappa shape index (κ2) is 9.70. The second-order valence-electron chi connectivity index (χ2n) is 2.73. The smallest absolute Gasteiger partial charge is 0.0431 e. The lowest BCUT2D eigenvalue weighted by molar-refractivity contribution is 0.283. The Labute approximate surface area is 70.1 Å². The highest BCUT2D eigenvalue weighted by molar-refractivity contribution is 4.72. The standard InChI is InChI=1S/C10H19O/c1-2-3-4-5-6-7-8-9-10-11/h4,11H,2-3,6-10H2,1H3. The molecule has 0 amide bonds. The Morgan fingerprint density at radius 2 is 2.09 bits per heavy atom. The van der Waals surface area contributed by atoms with E-state index in [1.165, 1.54) is 12.8 Å². The molecule has 0 saturated heterocycles. The minimum Gasteiger partial charge on any atom is -0.396 e. The molecule has 0 aromatic carbocycles. The molecule has 0 aliphatic rings. The molecule has 0 atom stereocenters. The molecule has 1 nitrogen and oxygen atoms in total. The van der Waals surface area contributed by atoms with Crippen LogP contribution in [0.3, 0.4) is 0 Å². The molecule has 0 spiro atoms. The van der Waals surface area contributed by atoms with E-state index in [4.69, 9.17) is 5.11 Å². The van der Waals surface area contributed by atoms with Gasteiger partial charge in [-0.1, -0.05) is 25.8 Å². The number of aliphatic hydroxyl groups excluding tert-OH is 1. The molecular formula is C10H19O. The van der Waals surface area contributed by atoms with E-state index in [1.54, 1.807) is 0 Å². The molecule has 0 heterocycles. The van der Waals surface area contributed by atoms with Gasteiger partial charge in [0.25, 0.3) is 0 Å². The average Bonchev–Trinajstić information content (AvgIpc) is 2.03. The van der Waals surface area contributed by atoms with Gasteiger partial charge in [-0.05, 0) is 31.8 Å². The van der Waals surface area contributed by atoms with Crippen LogP contribution in [0.2, 0.25) is 0 Å². The van der Waals surface area contributed by atoms with Crippen LogP contribution in [0.15, 0.2) is 6.08 Å². The Morgan fingerprint density at radius 1 is 1.27 bits per heavy atom. The van der Waals surface area contributed by atoms with Crippen LogP contribution in [-0.4, -0.2) is 11.7 Å². The maximum absolute atomic E-state index is 8.48. The largest absolute Gasteiger partial charge is 0.396 e. The first-order chi connectivity index (χ1) is 5.41. The summed E-state index contributed by atoms with van der Waals surface area (Å²) >= 11 is 0. The van der Waals surface area contributed by atoms with Crippen LogP contribution in [0.5, 0.6) is 0 Å². The molecule has 0 aliphatic heterocycles. The molecule has 0 rings (SSSR count). The van der Waals surface area contributed by atoms with Crippen LogP contribution in [0.25, 0.3) is 0 Å². The molecule has 1 radical (unpaired) electrons. The third kappa shape index (κ3) is 9.70. The van der Waals surface area contributed by atoms with Gasteiger partial charge in [-0.3, -0.25) is 0 Å². The van der Waals surface area contributed by atoms with Crippen molar-refractivity contribution in [3.63, 3.8) is 0 Å². The van der Waals surface area contributed by atoms with E-state index < -0.39 is 0 Å². The summed E-state index contributed by atoms with van der Waals surface area (Å²) in [4.78, 5) is 0. The van der Waals surface area contributed by atoms with Crippen molar-refractivity contribution in [2.75, 3.05) is 6.61 Å². The molecule has 0 fully saturated rings. The Balaban J connectivity index is 2.89. The van der Waals surface area contributed by atoms with Gasteiger partial charge in [0.2, 0.25) is 0 Å². The van der Waals surface area contributed by atoms with Gasteiger partial charge in [0.1, 0.15) is 0 Å². The van der Waals surface area contributed by atoms with Gasteiger partial charge >= 0.3 is 0 Å². The molecule has 0 unspecified atom stereocenters. The number of hydrogen-bond donors (Lipinski definition) is 1. The van der Waals surface area contributed by atoms with E-state index in [0.29, 0.717) is 6.61 Å².